The predicted octanol–water partition coefficient (Wildman–Crippen LogP) is 7.78. The normalized spacial score (nSPS) is 11.8. The number of nitrogens with zero attached hydrogens (tertiary/aromatic N) is 1. The van der Waals surface area contributed by atoms with Crippen molar-refractivity contribution in [3.05, 3.63) is 100 Å². The standard InChI is InChI=1S/C34H38N2O4S2/c1-4-5-15-29-31(42-33(36-29)25-12-7-6-8-13-25)22-40-21-24-16-17-27(28(20-24)26-14-10-9-11-23(26)2)32(37)35-30(34(38)39)18-19-41-3/h6-14,16-17,20,30H,4-5,15,18-19,21-22H2,1-3H3,(H,35,37)(H,38,39)/t30-/m0/s1. The van der Waals surface area contributed by atoms with Gasteiger partial charge >= 0.3 is 5.97 Å². The van der Waals surface area contributed by atoms with Gasteiger partial charge in [-0.1, -0.05) is 74.0 Å². The minimum absolute atomic E-state index is 0.359. The molecule has 1 amide bonds. The Bertz CT molecular complexity index is 1490. The van der Waals surface area contributed by atoms with Crippen molar-refractivity contribution in [2.45, 2.75) is 58.8 Å². The van der Waals surface area contributed by atoms with Crippen molar-refractivity contribution in [3.63, 3.8) is 0 Å². The molecule has 4 aromatic rings. The minimum atomic E-state index is -1.03. The molecule has 8 heteroatoms. The highest BCUT2D eigenvalue weighted by atomic mass is 32.2. The van der Waals surface area contributed by atoms with Gasteiger partial charge in [0.2, 0.25) is 0 Å². The summed E-state index contributed by atoms with van der Waals surface area (Å²) in [6.07, 6.45) is 5.38. The van der Waals surface area contributed by atoms with E-state index in [9.17, 15) is 14.7 Å². The number of nitrogens with one attached hydrogen (secondary N) is 1. The fraction of sp³-hybridized carbons (Fsp3) is 0.324. The summed E-state index contributed by atoms with van der Waals surface area (Å²) in [6.45, 7) is 5.02. The molecule has 0 aliphatic heterocycles. The number of carboxylic acids is 1. The van der Waals surface area contributed by atoms with E-state index >= 15 is 0 Å². The number of hydrogen-bond donors (Lipinski definition) is 2. The number of thiazole rings is 1. The number of unbranched alkanes of at least 4 members (excludes halogenated alkanes) is 1. The van der Waals surface area contributed by atoms with Gasteiger partial charge in [0.1, 0.15) is 11.0 Å². The monoisotopic (exact) mass is 602 g/mol. The van der Waals surface area contributed by atoms with Crippen molar-refractivity contribution < 1.29 is 19.4 Å². The Balaban J connectivity index is 1.55. The molecule has 0 bridgehead atoms. The molecule has 1 aromatic heterocycles. The Morgan fingerprint density at radius 3 is 2.50 bits per heavy atom. The number of amides is 1. The summed E-state index contributed by atoms with van der Waals surface area (Å²) in [7, 11) is 0. The third-order valence-corrected chi connectivity index (χ3v) is 8.81. The average molecular weight is 603 g/mol. The van der Waals surface area contributed by atoms with E-state index in [2.05, 4.69) is 24.4 Å². The topological polar surface area (TPSA) is 88.5 Å². The average Bonchev–Trinajstić information content (AvgIpc) is 3.41. The van der Waals surface area contributed by atoms with Gasteiger partial charge in [0.15, 0.2) is 0 Å². The van der Waals surface area contributed by atoms with Crippen LogP contribution in [0.4, 0.5) is 0 Å². The smallest absolute Gasteiger partial charge is 0.326 e. The molecule has 220 valence electrons. The Morgan fingerprint density at radius 2 is 1.79 bits per heavy atom. The van der Waals surface area contributed by atoms with Gasteiger partial charge in [0, 0.05) is 11.1 Å². The van der Waals surface area contributed by atoms with Crippen molar-refractivity contribution in [3.8, 4) is 21.7 Å². The van der Waals surface area contributed by atoms with Gasteiger partial charge in [-0.05, 0) is 72.6 Å². The number of rotatable bonds is 15. The van der Waals surface area contributed by atoms with E-state index in [1.54, 1.807) is 29.2 Å². The molecule has 1 heterocycles. The molecule has 0 aliphatic rings. The zero-order chi connectivity index (χ0) is 29.9. The van der Waals surface area contributed by atoms with E-state index in [0.29, 0.717) is 31.0 Å². The van der Waals surface area contributed by atoms with E-state index in [1.165, 1.54) is 0 Å². The number of carbonyl (C=O) groups is 2. The predicted molar refractivity (Wildman–Crippen MR) is 173 cm³/mol. The van der Waals surface area contributed by atoms with Crippen LogP contribution in [0.5, 0.6) is 0 Å². The lowest BCUT2D eigenvalue weighted by atomic mass is 9.93. The van der Waals surface area contributed by atoms with Crippen molar-refractivity contribution in [1.82, 2.24) is 10.3 Å². The largest absolute Gasteiger partial charge is 0.480 e. The Hall–Kier alpha value is -3.46. The van der Waals surface area contributed by atoms with Crippen LogP contribution < -0.4 is 5.32 Å². The highest BCUT2D eigenvalue weighted by Gasteiger charge is 2.23. The van der Waals surface area contributed by atoms with Crippen LogP contribution in [0.2, 0.25) is 0 Å². The van der Waals surface area contributed by atoms with Crippen molar-refractivity contribution in [2.24, 2.45) is 0 Å². The molecule has 0 fully saturated rings. The Labute approximate surface area is 256 Å². The fourth-order valence-corrected chi connectivity index (χ4v) is 6.23. The lowest BCUT2D eigenvalue weighted by molar-refractivity contribution is -0.139. The molecule has 0 unspecified atom stereocenters. The summed E-state index contributed by atoms with van der Waals surface area (Å²) in [5.74, 6) is -0.783. The highest BCUT2D eigenvalue weighted by Crippen LogP contribution is 2.31. The maximum Gasteiger partial charge on any atom is 0.326 e. The number of hydrogen-bond acceptors (Lipinski definition) is 6. The first-order valence-electron chi connectivity index (χ1n) is 14.2. The molecule has 0 radical (unpaired) electrons. The summed E-state index contributed by atoms with van der Waals surface area (Å²) in [4.78, 5) is 31.2. The van der Waals surface area contributed by atoms with E-state index in [1.807, 2.05) is 67.8 Å². The minimum Gasteiger partial charge on any atom is -0.480 e. The summed E-state index contributed by atoms with van der Waals surface area (Å²) in [6, 6.07) is 22.8. The zero-order valence-electron chi connectivity index (χ0n) is 24.4. The van der Waals surface area contributed by atoms with Crippen LogP contribution in [-0.2, 0) is 29.2 Å². The number of benzene rings is 3. The van der Waals surface area contributed by atoms with Gasteiger partial charge in [-0.3, -0.25) is 4.79 Å². The summed E-state index contributed by atoms with van der Waals surface area (Å²) in [5, 5.41) is 13.4. The van der Waals surface area contributed by atoms with Crippen LogP contribution in [0.25, 0.3) is 21.7 Å². The molecule has 1 atom stereocenters. The Kier molecular flexibility index (Phi) is 11.7. The third kappa shape index (κ3) is 8.31. The van der Waals surface area contributed by atoms with E-state index < -0.39 is 17.9 Å². The molecule has 0 aliphatic carbocycles. The van der Waals surface area contributed by atoms with Crippen molar-refractivity contribution in [2.75, 3.05) is 12.0 Å². The quantitative estimate of drug-likeness (QED) is 0.144. The molecule has 0 spiro atoms. The molecule has 2 N–H and O–H groups in total. The van der Waals surface area contributed by atoms with E-state index in [4.69, 9.17) is 9.72 Å². The second kappa shape index (κ2) is 15.7. The molecular formula is C34H38N2O4S2. The summed E-state index contributed by atoms with van der Waals surface area (Å²) in [5.41, 5.74) is 6.31. The molecule has 6 nitrogen and oxygen atoms in total. The van der Waals surface area contributed by atoms with Crippen molar-refractivity contribution >= 4 is 35.0 Å². The van der Waals surface area contributed by atoms with Gasteiger partial charge in [-0.2, -0.15) is 11.8 Å². The third-order valence-electron chi connectivity index (χ3n) is 7.05. The molecule has 4 rings (SSSR count). The Morgan fingerprint density at radius 1 is 1.02 bits per heavy atom. The van der Waals surface area contributed by atoms with Gasteiger partial charge in [-0.25, -0.2) is 9.78 Å². The van der Waals surface area contributed by atoms with Gasteiger partial charge in [0.05, 0.1) is 23.8 Å². The number of carbonyl (C=O) groups excluding carboxylic acids is 1. The van der Waals surface area contributed by atoms with Crippen LogP contribution >= 0.6 is 23.1 Å². The number of carboxylic acid groups (broad SMARTS) is 1. The number of ether oxygens (including phenoxy) is 1. The molecule has 0 saturated carbocycles. The zero-order valence-corrected chi connectivity index (χ0v) is 26.0. The summed E-state index contributed by atoms with van der Waals surface area (Å²) < 4.78 is 6.23. The molecule has 42 heavy (non-hydrogen) atoms. The number of thioether (sulfide) groups is 1. The summed E-state index contributed by atoms with van der Waals surface area (Å²) >= 11 is 3.23. The van der Waals surface area contributed by atoms with E-state index in [0.717, 1.165) is 62.7 Å². The molecular weight excluding hydrogens is 565 g/mol. The SMILES string of the molecule is CCCCc1nc(-c2ccccc2)sc1COCc1ccc(C(=O)N[C@@H](CCSC)C(=O)O)c(-c2ccccc2C)c1. The molecule has 0 saturated heterocycles. The van der Waals surface area contributed by atoms with E-state index in [-0.39, 0.29) is 0 Å². The van der Waals surface area contributed by atoms with Gasteiger partial charge < -0.3 is 15.2 Å². The van der Waals surface area contributed by atoms with Crippen LogP contribution in [0.15, 0.2) is 72.8 Å². The first-order valence-corrected chi connectivity index (χ1v) is 16.5. The first-order chi connectivity index (χ1) is 20.4. The second-order valence-electron chi connectivity index (χ2n) is 10.2. The van der Waals surface area contributed by atoms with Crippen LogP contribution in [0, 0.1) is 6.92 Å². The van der Waals surface area contributed by atoms with Crippen LogP contribution in [0.1, 0.15) is 58.2 Å². The number of aromatic nitrogens is 1. The van der Waals surface area contributed by atoms with Crippen molar-refractivity contribution in [1.29, 1.82) is 0 Å². The van der Waals surface area contributed by atoms with Gasteiger partial charge in [-0.15, -0.1) is 11.3 Å². The number of aryl methyl sites for hydroxylation is 2. The maximum absolute atomic E-state index is 13.4. The highest BCUT2D eigenvalue weighted by molar-refractivity contribution is 7.98. The number of aliphatic carboxylic acids is 1. The van der Waals surface area contributed by atoms with Gasteiger partial charge in [0.25, 0.3) is 5.91 Å². The fourth-order valence-electron chi connectivity index (χ4n) is 4.71. The lowest BCUT2D eigenvalue weighted by Crippen LogP contribution is -2.41. The van der Waals surface area contributed by atoms with Crippen LogP contribution in [0.3, 0.4) is 0 Å². The first kappa shape index (κ1) is 31.5. The lowest BCUT2D eigenvalue weighted by Gasteiger charge is -2.17. The molecule has 3 aromatic carbocycles. The second-order valence-corrected chi connectivity index (χ2v) is 12.3. The maximum atomic E-state index is 13.4. The van der Waals surface area contributed by atoms with Crippen LogP contribution in [-0.4, -0.2) is 40.0 Å².